The molecule has 0 aliphatic carbocycles. The number of aromatic amines is 1. The number of aromatic nitrogens is 4. The molecule has 4 rings (SSSR count). The van der Waals surface area contributed by atoms with Crippen molar-refractivity contribution in [3.05, 3.63) is 95.6 Å². The van der Waals surface area contributed by atoms with E-state index in [-0.39, 0.29) is 10.4 Å². The summed E-state index contributed by atoms with van der Waals surface area (Å²) in [5, 5.41) is 14.3. The van der Waals surface area contributed by atoms with Gasteiger partial charge in [-0.15, -0.1) is 10.2 Å². The van der Waals surface area contributed by atoms with Gasteiger partial charge in [0, 0.05) is 17.2 Å². The van der Waals surface area contributed by atoms with Crippen LogP contribution >= 0.6 is 0 Å². The first-order chi connectivity index (χ1) is 14.5. The lowest BCUT2D eigenvalue weighted by molar-refractivity contribution is -0.129. The molecule has 1 atom stereocenters. The molecule has 1 unspecified atom stereocenters. The Balaban J connectivity index is 1.70. The van der Waals surface area contributed by atoms with Crippen molar-refractivity contribution in [2.45, 2.75) is 19.9 Å². The van der Waals surface area contributed by atoms with Crippen LogP contribution in [0, 0.1) is 6.92 Å². The van der Waals surface area contributed by atoms with Crippen LogP contribution in [0.5, 0.6) is 0 Å². The van der Waals surface area contributed by atoms with Gasteiger partial charge in [-0.1, -0.05) is 60.7 Å². The van der Waals surface area contributed by atoms with Crippen molar-refractivity contribution in [1.29, 1.82) is 0 Å². The second-order valence-corrected chi connectivity index (χ2v) is 7.68. The Morgan fingerprint density at radius 2 is 1.70 bits per heavy atom. The van der Waals surface area contributed by atoms with Gasteiger partial charge in [0.25, 0.3) is 0 Å². The molecule has 1 aromatic heterocycles. The second-order valence-electron chi connectivity index (χ2n) is 7.68. The summed E-state index contributed by atoms with van der Waals surface area (Å²) < 4.78 is 0.173. The molecule has 4 aromatic rings. The Labute approximate surface area is 175 Å². The van der Waals surface area contributed by atoms with Crippen LogP contribution in [0.1, 0.15) is 16.7 Å². The minimum absolute atomic E-state index is 0.136. The molecule has 0 saturated heterocycles. The predicted octanol–water partition coefficient (Wildman–Crippen LogP) is 4.08. The van der Waals surface area contributed by atoms with Crippen LogP contribution in [0.2, 0.25) is 0 Å². The van der Waals surface area contributed by atoms with Crippen LogP contribution in [-0.4, -0.2) is 33.6 Å². The average Bonchev–Trinajstić information content (AvgIpc) is 3.29. The maximum atomic E-state index is 13.6. The van der Waals surface area contributed by atoms with E-state index in [1.165, 1.54) is 0 Å². The lowest BCUT2D eigenvalue weighted by Crippen LogP contribution is -2.50. The van der Waals surface area contributed by atoms with E-state index >= 15 is 0 Å². The van der Waals surface area contributed by atoms with Crippen LogP contribution in [0.15, 0.2) is 78.9 Å². The van der Waals surface area contributed by atoms with Crippen molar-refractivity contribution < 1.29 is 4.79 Å². The number of benzene rings is 3. The molecule has 0 saturated carbocycles. The third-order valence-corrected chi connectivity index (χ3v) is 5.35. The zero-order valence-corrected chi connectivity index (χ0v) is 17.1. The smallest absolute Gasteiger partial charge is 0.230 e. The van der Waals surface area contributed by atoms with E-state index in [2.05, 4.69) is 26.7 Å². The van der Waals surface area contributed by atoms with Crippen LogP contribution in [0.3, 0.4) is 0 Å². The van der Waals surface area contributed by atoms with Crippen molar-refractivity contribution in [2.75, 3.05) is 7.05 Å². The van der Waals surface area contributed by atoms with Gasteiger partial charge in [-0.2, -0.15) is 5.21 Å². The minimum Gasteiger partial charge on any atom is -0.230 e. The van der Waals surface area contributed by atoms with Crippen LogP contribution in [0.4, 0.5) is 5.69 Å². The third-order valence-electron chi connectivity index (χ3n) is 5.35. The lowest BCUT2D eigenvalue weighted by Gasteiger charge is -2.32. The fraction of sp³-hybridized carbons (Fsp3) is 0.167. The molecule has 0 aliphatic heterocycles. The molecule has 1 N–H and O–H groups in total. The van der Waals surface area contributed by atoms with Gasteiger partial charge >= 0.3 is 5.91 Å². The zero-order valence-electron chi connectivity index (χ0n) is 17.1. The molecule has 0 fully saturated rings. The quantitative estimate of drug-likeness (QED) is 0.497. The van der Waals surface area contributed by atoms with E-state index in [0.29, 0.717) is 18.8 Å². The molecule has 0 bridgehead atoms. The van der Waals surface area contributed by atoms with Crippen molar-refractivity contribution in [3.8, 4) is 11.4 Å². The highest BCUT2D eigenvalue weighted by Gasteiger charge is 2.34. The van der Waals surface area contributed by atoms with Gasteiger partial charge in [0.05, 0.1) is 13.5 Å². The van der Waals surface area contributed by atoms with Gasteiger partial charge in [-0.3, -0.25) is 0 Å². The summed E-state index contributed by atoms with van der Waals surface area (Å²) >= 11 is 0. The molecule has 150 valence electrons. The number of rotatable bonds is 6. The van der Waals surface area contributed by atoms with Gasteiger partial charge in [0.1, 0.15) is 12.2 Å². The molecule has 6 nitrogen and oxygen atoms in total. The number of quaternary nitrogens is 1. The Hall–Kier alpha value is -3.64. The number of amides is 1. The van der Waals surface area contributed by atoms with Crippen molar-refractivity contribution in [2.24, 2.45) is 0 Å². The van der Waals surface area contributed by atoms with Crippen molar-refractivity contribution in [3.63, 3.8) is 0 Å². The molecule has 3 aromatic carbocycles. The molecular formula is C24H24N5O+. The monoisotopic (exact) mass is 398 g/mol. The third kappa shape index (κ3) is 4.18. The Kier molecular flexibility index (Phi) is 5.50. The van der Waals surface area contributed by atoms with Gasteiger partial charge in [-0.05, 0) is 35.4 Å². The maximum absolute atomic E-state index is 13.6. The topological polar surface area (TPSA) is 71.5 Å². The number of hydrogen-bond acceptors (Lipinski definition) is 4. The highest BCUT2D eigenvalue weighted by Crippen LogP contribution is 2.28. The maximum Gasteiger partial charge on any atom is 0.323 e. The Bertz CT molecular complexity index is 1140. The standard InChI is InChI=1S/C24H24N5O/c1-18-8-6-13-22(14-18)29(2,23(30)16-19-9-4-3-5-10-19)17-20-11-7-12-21(15-20)24-25-27-28-26-24/h3-15H,16-17H2,1-2H3,(H,25,26,27,28)/q+1. The predicted molar refractivity (Wildman–Crippen MR) is 117 cm³/mol. The van der Waals surface area contributed by atoms with E-state index in [1.54, 1.807) is 0 Å². The molecular weight excluding hydrogens is 374 g/mol. The minimum atomic E-state index is 0.136. The van der Waals surface area contributed by atoms with E-state index in [4.69, 9.17) is 0 Å². The fourth-order valence-corrected chi connectivity index (χ4v) is 3.66. The first-order valence-electron chi connectivity index (χ1n) is 9.87. The first kappa shape index (κ1) is 19.7. The molecule has 1 heterocycles. The lowest BCUT2D eigenvalue weighted by atomic mass is 10.0. The Morgan fingerprint density at radius 3 is 2.43 bits per heavy atom. The van der Waals surface area contributed by atoms with Gasteiger partial charge in [-0.25, -0.2) is 9.28 Å². The molecule has 6 heteroatoms. The van der Waals surface area contributed by atoms with Crippen LogP contribution in [-0.2, 0) is 17.8 Å². The normalized spacial score (nSPS) is 13.0. The summed E-state index contributed by atoms with van der Waals surface area (Å²) in [4.78, 5) is 13.6. The first-order valence-corrected chi connectivity index (χ1v) is 9.87. The number of carbonyl (C=O) groups is 1. The number of nitrogens with one attached hydrogen (secondary N) is 1. The number of H-pyrrole nitrogens is 1. The largest absolute Gasteiger partial charge is 0.323 e. The summed E-state index contributed by atoms with van der Waals surface area (Å²) in [5.74, 6) is 0.675. The number of carbonyl (C=O) groups excluding carboxylic acids is 1. The van der Waals surface area contributed by atoms with Gasteiger partial charge in [0.2, 0.25) is 5.82 Å². The van der Waals surface area contributed by atoms with Crippen LogP contribution in [0.25, 0.3) is 11.4 Å². The summed E-state index contributed by atoms with van der Waals surface area (Å²) in [6, 6.07) is 26.0. The summed E-state index contributed by atoms with van der Waals surface area (Å²) in [7, 11) is 1.99. The van der Waals surface area contributed by atoms with Crippen molar-refractivity contribution >= 4 is 11.6 Å². The summed E-state index contributed by atoms with van der Waals surface area (Å²) in [5.41, 5.74) is 5.01. The number of nitrogens with zero attached hydrogens (tertiary/aromatic N) is 4. The number of hydrogen-bond donors (Lipinski definition) is 1. The van der Waals surface area contributed by atoms with Crippen molar-refractivity contribution in [1.82, 2.24) is 25.1 Å². The fourth-order valence-electron chi connectivity index (χ4n) is 3.66. The van der Waals surface area contributed by atoms with E-state index in [0.717, 1.165) is 27.9 Å². The zero-order chi connectivity index (χ0) is 21.0. The molecule has 30 heavy (non-hydrogen) atoms. The summed E-state index contributed by atoms with van der Waals surface area (Å²) in [6.45, 7) is 2.58. The second kappa shape index (κ2) is 8.39. The number of likely N-dealkylation sites (N-methyl/N-ethyl adjacent to an activating group) is 1. The highest BCUT2D eigenvalue weighted by atomic mass is 16.2. The highest BCUT2D eigenvalue weighted by molar-refractivity contribution is 5.89. The van der Waals surface area contributed by atoms with E-state index in [9.17, 15) is 4.79 Å². The average molecular weight is 398 g/mol. The molecule has 1 amide bonds. The SMILES string of the molecule is Cc1cccc([N+](C)(Cc2cccc(-c3nn[nH]n3)c2)C(=O)Cc2ccccc2)c1. The number of tetrazole rings is 1. The Morgan fingerprint density at radius 1 is 0.933 bits per heavy atom. The van der Waals surface area contributed by atoms with Gasteiger partial charge < -0.3 is 0 Å². The molecule has 0 spiro atoms. The number of aryl methyl sites for hydroxylation is 1. The van der Waals surface area contributed by atoms with Gasteiger partial charge in [0.15, 0.2) is 0 Å². The van der Waals surface area contributed by atoms with Crippen LogP contribution < -0.4 is 4.48 Å². The summed E-state index contributed by atoms with van der Waals surface area (Å²) in [6.07, 6.45) is 0.371. The molecule has 0 aliphatic rings. The van der Waals surface area contributed by atoms with E-state index < -0.39 is 0 Å². The molecule has 0 radical (unpaired) electrons. The van der Waals surface area contributed by atoms with E-state index in [1.807, 2.05) is 86.8 Å².